The Kier molecular flexibility index (Phi) is 2.16. The summed E-state index contributed by atoms with van der Waals surface area (Å²) in [6.07, 6.45) is 0.242. The fourth-order valence-corrected chi connectivity index (χ4v) is 2.33. The quantitative estimate of drug-likeness (QED) is 0.571. The van der Waals surface area contributed by atoms with Gasteiger partial charge in [-0.25, -0.2) is 4.90 Å². The predicted octanol–water partition coefficient (Wildman–Crippen LogP) is 0.690. The molecule has 1 aromatic carbocycles. The molecule has 0 saturated carbocycles. The number of anilines is 2. The normalized spacial score (nSPS) is 27.6. The van der Waals surface area contributed by atoms with E-state index >= 15 is 0 Å². The molecular formula is C12H12N2O3. The zero-order valence-corrected chi connectivity index (χ0v) is 9.13. The molecule has 2 N–H and O–H groups in total. The molecule has 0 aliphatic carbocycles. The van der Waals surface area contributed by atoms with Crippen LogP contribution in [0.4, 0.5) is 11.4 Å². The first-order valence-corrected chi connectivity index (χ1v) is 5.56. The molecule has 2 aliphatic heterocycles. The van der Waals surface area contributed by atoms with Gasteiger partial charge in [-0.3, -0.25) is 9.59 Å². The van der Waals surface area contributed by atoms with Gasteiger partial charge in [0, 0.05) is 0 Å². The minimum absolute atomic E-state index is 0.304. The lowest BCUT2D eigenvalue weighted by molar-refractivity contribution is -0.146. The number of rotatable bonds is 1. The lowest BCUT2D eigenvalue weighted by Crippen LogP contribution is -2.52. The number of ether oxygens (including phenoxy) is 1. The summed E-state index contributed by atoms with van der Waals surface area (Å²) in [6, 6.07) is 6.87. The number of carbonyl (C=O) groups excluding carboxylic acids is 2. The third kappa shape index (κ3) is 1.43. The second-order valence-corrected chi connectivity index (χ2v) is 4.26. The number of nitrogens with two attached hydrogens (primary N) is 1. The summed E-state index contributed by atoms with van der Waals surface area (Å²) >= 11 is 0. The molecule has 1 aromatic rings. The summed E-state index contributed by atoms with van der Waals surface area (Å²) in [5.74, 6) is -0.608. The Morgan fingerprint density at radius 3 is 2.29 bits per heavy atom. The van der Waals surface area contributed by atoms with Crippen LogP contribution in [0.3, 0.4) is 0 Å². The topological polar surface area (TPSA) is 72.6 Å². The minimum atomic E-state index is -0.489. The molecule has 2 fully saturated rings. The summed E-state index contributed by atoms with van der Waals surface area (Å²) in [5, 5.41) is 0. The van der Waals surface area contributed by atoms with E-state index in [9.17, 15) is 9.59 Å². The first kappa shape index (κ1) is 10.3. The third-order valence-corrected chi connectivity index (χ3v) is 3.19. The molecule has 0 spiro atoms. The molecular weight excluding hydrogens is 220 g/mol. The van der Waals surface area contributed by atoms with E-state index in [0.29, 0.717) is 24.2 Å². The molecule has 2 unspecified atom stereocenters. The largest absolute Gasteiger partial charge is 0.397 e. The summed E-state index contributed by atoms with van der Waals surface area (Å²) < 4.78 is 5.33. The van der Waals surface area contributed by atoms with E-state index in [1.54, 1.807) is 24.3 Å². The number of fused-ring (bicyclic) bond motifs is 2. The summed E-state index contributed by atoms with van der Waals surface area (Å²) in [7, 11) is 0. The molecule has 17 heavy (non-hydrogen) atoms. The van der Waals surface area contributed by atoms with Crippen molar-refractivity contribution in [2.24, 2.45) is 0 Å². The number of amides is 2. The van der Waals surface area contributed by atoms with Gasteiger partial charge in [0.25, 0.3) is 11.8 Å². The number of nitrogen functional groups attached to an aromatic ring is 1. The smallest absolute Gasteiger partial charge is 0.263 e. The molecule has 2 aliphatic rings. The standard InChI is InChI=1S/C12H12N2O3/c13-7-3-1-2-4-8(7)14-11(15)9-5-6-10(17-9)12(14)16/h1-4,9-10H,5-6,13H2. The Hall–Kier alpha value is -1.88. The third-order valence-electron chi connectivity index (χ3n) is 3.19. The van der Waals surface area contributed by atoms with Gasteiger partial charge in [-0.1, -0.05) is 12.1 Å². The van der Waals surface area contributed by atoms with Crippen molar-refractivity contribution in [2.45, 2.75) is 25.0 Å². The van der Waals surface area contributed by atoms with Crippen LogP contribution in [0.2, 0.25) is 0 Å². The molecule has 2 atom stereocenters. The lowest BCUT2D eigenvalue weighted by atomic mass is 10.2. The van der Waals surface area contributed by atoms with Gasteiger partial charge in [-0.05, 0) is 25.0 Å². The molecule has 0 radical (unpaired) electrons. The van der Waals surface area contributed by atoms with Crippen molar-refractivity contribution < 1.29 is 14.3 Å². The van der Waals surface area contributed by atoms with Gasteiger partial charge >= 0.3 is 0 Å². The fraction of sp³-hybridized carbons (Fsp3) is 0.333. The SMILES string of the molecule is Nc1ccccc1N1C(=O)C2CCC(O2)C1=O. The predicted molar refractivity (Wildman–Crippen MR) is 61.2 cm³/mol. The fourth-order valence-electron chi connectivity index (χ4n) is 2.33. The maximum atomic E-state index is 12.1. The van der Waals surface area contributed by atoms with Crippen molar-refractivity contribution in [3.05, 3.63) is 24.3 Å². The van der Waals surface area contributed by atoms with E-state index in [-0.39, 0.29) is 11.8 Å². The van der Waals surface area contributed by atoms with Gasteiger partial charge in [-0.15, -0.1) is 0 Å². The van der Waals surface area contributed by atoms with E-state index in [1.165, 1.54) is 4.90 Å². The molecule has 5 nitrogen and oxygen atoms in total. The molecule has 2 heterocycles. The van der Waals surface area contributed by atoms with E-state index in [4.69, 9.17) is 10.5 Å². The van der Waals surface area contributed by atoms with Crippen LogP contribution in [0.1, 0.15) is 12.8 Å². The molecule has 88 valence electrons. The van der Waals surface area contributed by atoms with Gasteiger partial charge in [0.15, 0.2) is 0 Å². The monoisotopic (exact) mass is 232 g/mol. The second-order valence-electron chi connectivity index (χ2n) is 4.26. The zero-order valence-electron chi connectivity index (χ0n) is 9.13. The maximum absolute atomic E-state index is 12.1. The van der Waals surface area contributed by atoms with Crippen molar-refractivity contribution in [1.82, 2.24) is 0 Å². The highest BCUT2D eigenvalue weighted by molar-refractivity contribution is 6.21. The van der Waals surface area contributed by atoms with Gasteiger partial charge in [-0.2, -0.15) is 0 Å². The van der Waals surface area contributed by atoms with E-state index in [2.05, 4.69) is 0 Å². The van der Waals surface area contributed by atoms with Gasteiger partial charge in [0.2, 0.25) is 0 Å². The number of benzene rings is 1. The number of para-hydroxylation sites is 2. The molecule has 2 amide bonds. The van der Waals surface area contributed by atoms with Gasteiger partial charge in [0.05, 0.1) is 11.4 Å². The van der Waals surface area contributed by atoms with Crippen molar-refractivity contribution in [2.75, 3.05) is 10.6 Å². The highest BCUT2D eigenvalue weighted by atomic mass is 16.5. The van der Waals surface area contributed by atoms with Crippen LogP contribution in [0.25, 0.3) is 0 Å². The van der Waals surface area contributed by atoms with E-state index in [0.717, 1.165) is 0 Å². The lowest BCUT2D eigenvalue weighted by Gasteiger charge is -2.30. The Labute approximate surface area is 98.1 Å². The van der Waals surface area contributed by atoms with Gasteiger partial charge in [0.1, 0.15) is 12.2 Å². The van der Waals surface area contributed by atoms with E-state index in [1.807, 2.05) is 0 Å². The van der Waals surface area contributed by atoms with Crippen LogP contribution in [-0.4, -0.2) is 24.0 Å². The van der Waals surface area contributed by atoms with Crippen LogP contribution in [-0.2, 0) is 14.3 Å². The molecule has 0 aromatic heterocycles. The molecule has 2 saturated heterocycles. The van der Waals surface area contributed by atoms with Crippen molar-refractivity contribution in [3.8, 4) is 0 Å². The summed E-state index contributed by atoms with van der Waals surface area (Å²) in [5.41, 5.74) is 6.69. The number of nitrogens with zero attached hydrogens (tertiary/aromatic N) is 1. The van der Waals surface area contributed by atoms with Gasteiger partial charge < -0.3 is 10.5 Å². The highest BCUT2D eigenvalue weighted by Crippen LogP contribution is 2.33. The Balaban J connectivity index is 2.05. The van der Waals surface area contributed by atoms with Crippen LogP contribution in [0.15, 0.2) is 24.3 Å². The first-order chi connectivity index (χ1) is 8.18. The molecule has 5 heteroatoms. The number of hydrogen-bond donors (Lipinski definition) is 1. The Morgan fingerprint density at radius 1 is 1.12 bits per heavy atom. The first-order valence-electron chi connectivity index (χ1n) is 5.56. The average Bonchev–Trinajstić information content (AvgIpc) is 2.76. The zero-order chi connectivity index (χ0) is 12.0. The number of hydrogen-bond acceptors (Lipinski definition) is 4. The number of morpholine rings is 1. The molecule has 3 rings (SSSR count). The summed E-state index contributed by atoms with van der Waals surface area (Å²) in [4.78, 5) is 25.3. The van der Waals surface area contributed by atoms with E-state index < -0.39 is 12.2 Å². The maximum Gasteiger partial charge on any atom is 0.263 e. The minimum Gasteiger partial charge on any atom is -0.397 e. The second kappa shape index (κ2) is 3.56. The van der Waals surface area contributed by atoms with Crippen LogP contribution in [0, 0.1) is 0 Å². The average molecular weight is 232 g/mol. The van der Waals surface area contributed by atoms with Crippen molar-refractivity contribution >= 4 is 23.2 Å². The number of carbonyl (C=O) groups is 2. The van der Waals surface area contributed by atoms with Crippen LogP contribution in [0.5, 0.6) is 0 Å². The van der Waals surface area contributed by atoms with Crippen molar-refractivity contribution in [3.63, 3.8) is 0 Å². The van der Waals surface area contributed by atoms with Crippen molar-refractivity contribution in [1.29, 1.82) is 0 Å². The summed E-state index contributed by atoms with van der Waals surface area (Å²) in [6.45, 7) is 0. The van der Waals surface area contributed by atoms with Crippen LogP contribution < -0.4 is 10.6 Å². The highest BCUT2D eigenvalue weighted by Gasteiger charge is 2.47. The molecule has 2 bridgehead atoms. The van der Waals surface area contributed by atoms with Crippen LogP contribution >= 0.6 is 0 Å². The Morgan fingerprint density at radius 2 is 1.71 bits per heavy atom. The number of imide groups is 1. The Bertz CT molecular complexity index is 478.